The number of rotatable bonds is 2. The van der Waals surface area contributed by atoms with Gasteiger partial charge in [-0.15, -0.1) is 0 Å². The number of amides is 1. The predicted octanol–water partition coefficient (Wildman–Crippen LogP) is 1.19. The smallest absolute Gasteiger partial charge is 0.228 e. The van der Waals surface area contributed by atoms with Crippen molar-refractivity contribution in [2.45, 2.75) is 37.3 Å². The third-order valence-corrected chi connectivity index (χ3v) is 3.73. The maximum atomic E-state index is 12.2. The molecule has 0 saturated heterocycles. The van der Waals surface area contributed by atoms with Crippen LogP contribution in [0.1, 0.15) is 30.7 Å². The molecule has 1 unspecified atom stereocenters. The number of hydrogen-bond donors (Lipinski definition) is 2. The van der Waals surface area contributed by atoms with Crippen LogP contribution in [-0.2, 0) is 4.79 Å². The summed E-state index contributed by atoms with van der Waals surface area (Å²) in [6.45, 7) is 0.586. The minimum atomic E-state index is -0.239. The second kappa shape index (κ2) is 4.61. The molecule has 1 saturated carbocycles. The predicted molar refractivity (Wildman–Crippen MR) is 66.5 cm³/mol. The Morgan fingerprint density at radius 3 is 2.89 bits per heavy atom. The lowest BCUT2D eigenvalue weighted by atomic mass is 9.87. The summed E-state index contributed by atoms with van der Waals surface area (Å²) in [5.74, 6) is 0.757. The van der Waals surface area contributed by atoms with Gasteiger partial charge in [0, 0.05) is 11.6 Å². The average molecular weight is 247 g/mol. The number of hydrogen-bond acceptors (Lipinski definition) is 3. The van der Waals surface area contributed by atoms with Crippen LogP contribution < -0.4 is 10.1 Å². The van der Waals surface area contributed by atoms with Crippen molar-refractivity contribution < 1.29 is 14.6 Å². The van der Waals surface area contributed by atoms with Crippen LogP contribution in [0.25, 0.3) is 0 Å². The fourth-order valence-electron chi connectivity index (χ4n) is 2.62. The van der Waals surface area contributed by atoms with Crippen molar-refractivity contribution in [1.29, 1.82) is 0 Å². The number of fused-ring (bicyclic) bond motifs is 1. The monoisotopic (exact) mass is 247 g/mol. The summed E-state index contributed by atoms with van der Waals surface area (Å²) in [7, 11) is 0. The zero-order valence-electron chi connectivity index (χ0n) is 10.1. The van der Waals surface area contributed by atoms with Crippen molar-refractivity contribution in [3.8, 4) is 5.75 Å². The molecule has 3 rings (SSSR count). The molecule has 0 radical (unpaired) electrons. The van der Waals surface area contributed by atoms with Crippen molar-refractivity contribution in [3.63, 3.8) is 0 Å². The van der Waals surface area contributed by atoms with Crippen LogP contribution in [0.5, 0.6) is 5.75 Å². The van der Waals surface area contributed by atoms with E-state index in [0.29, 0.717) is 19.4 Å². The van der Waals surface area contributed by atoms with E-state index in [-0.39, 0.29) is 24.0 Å². The van der Waals surface area contributed by atoms with E-state index in [9.17, 15) is 9.90 Å². The molecule has 2 aliphatic rings. The van der Waals surface area contributed by atoms with Crippen LogP contribution in [0.4, 0.5) is 0 Å². The van der Waals surface area contributed by atoms with Gasteiger partial charge in [-0.2, -0.15) is 0 Å². The largest absolute Gasteiger partial charge is 0.493 e. The molecule has 1 fully saturated rings. The van der Waals surface area contributed by atoms with Gasteiger partial charge in [-0.1, -0.05) is 18.2 Å². The van der Waals surface area contributed by atoms with E-state index in [1.807, 2.05) is 24.3 Å². The first-order valence-electron chi connectivity index (χ1n) is 6.44. The summed E-state index contributed by atoms with van der Waals surface area (Å²) in [5.41, 5.74) is 0.973. The summed E-state index contributed by atoms with van der Waals surface area (Å²) < 4.78 is 5.55. The molecule has 2 N–H and O–H groups in total. The fourth-order valence-corrected chi connectivity index (χ4v) is 2.62. The van der Waals surface area contributed by atoms with Gasteiger partial charge in [0.1, 0.15) is 5.75 Å². The summed E-state index contributed by atoms with van der Waals surface area (Å²) in [5, 5.41) is 12.2. The molecule has 0 bridgehead atoms. The van der Waals surface area contributed by atoms with Crippen LogP contribution >= 0.6 is 0 Å². The highest BCUT2D eigenvalue weighted by atomic mass is 16.5. The molecule has 96 valence electrons. The Labute approximate surface area is 106 Å². The standard InChI is InChI=1S/C14H17NO3/c16-10-7-9(8-10)15-14(17)12-5-6-18-13-4-2-1-3-11(12)13/h1-4,9-10,12,16H,5-8H2,(H,15,17). The van der Waals surface area contributed by atoms with Gasteiger partial charge in [0.15, 0.2) is 0 Å². The molecule has 1 aromatic rings. The Balaban J connectivity index is 1.71. The number of aliphatic hydroxyl groups excluding tert-OH is 1. The van der Waals surface area contributed by atoms with Gasteiger partial charge in [-0.25, -0.2) is 0 Å². The van der Waals surface area contributed by atoms with Gasteiger partial charge < -0.3 is 15.2 Å². The third kappa shape index (κ3) is 2.08. The lowest BCUT2D eigenvalue weighted by Gasteiger charge is -2.34. The summed E-state index contributed by atoms with van der Waals surface area (Å²) in [6, 6.07) is 7.85. The number of para-hydroxylation sites is 1. The maximum Gasteiger partial charge on any atom is 0.228 e. The second-order valence-electron chi connectivity index (χ2n) is 5.06. The van der Waals surface area contributed by atoms with Gasteiger partial charge in [-0.05, 0) is 25.3 Å². The summed E-state index contributed by atoms with van der Waals surface area (Å²) in [6.07, 6.45) is 1.84. The highest BCUT2D eigenvalue weighted by Gasteiger charge is 2.33. The Morgan fingerprint density at radius 2 is 2.11 bits per heavy atom. The van der Waals surface area contributed by atoms with Gasteiger partial charge >= 0.3 is 0 Å². The van der Waals surface area contributed by atoms with Gasteiger partial charge in [-0.3, -0.25) is 4.79 Å². The molecule has 4 nitrogen and oxygen atoms in total. The molecule has 1 amide bonds. The normalized spacial score (nSPS) is 29.7. The average Bonchev–Trinajstić information content (AvgIpc) is 2.36. The Hall–Kier alpha value is -1.55. The molecular formula is C14H17NO3. The van der Waals surface area contributed by atoms with E-state index in [0.717, 1.165) is 17.7 Å². The number of aliphatic hydroxyl groups is 1. The highest BCUT2D eigenvalue weighted by molar-refractivity contribution is 5.85. The van der Waals surface area contributed by atoms with Crippen molar-refractivity contribution in [2.24, 2.45) is 0 Å². The van der Waals surface area contributed by atoms with Gasteiger partial charge in [0.25, 0.3) is 0 Å². The molecule has 4 heteroatoms. The topological polar surface area (TPSA) is 58.6 Å². The van der Waals surface area contributed by atoms with Crippen LogP contribution in [0.15, 0.2) is 24.3 Å². The molecule has 1 aliphatic heterocycles. The molecular weight excluding hydrogens is 230 g/mol. The van der Waals surface area contributed by atoms with Crippen LogP contribution in [-0.4, -0.2) is 29.8 Å². The van der Waals surface area contributed by atoms with E-state index >= 15 is 0 Å². The zero-order chi connectivity index (χ0) is 12.5. The van der Waals surface area contributed by atoms with E-state index in [4.69, 9.17) is 4.74 Å². The van der Waals surface area contributed by atoms with Crippen LogP contribution in [0.3, 0.4) is 0 Å². The third-order valence-electron chi connectivity index (χ3n) is 3.73. The number of ether oxygens (including phenoxy) is 1. The van der Waals surface area contributed by atoms with E-state index in [1.165, 1.54) is 0 Å². The van der Waals surface area contributed by atoms with Crippen LogP contribution in [0.2, 0.25) is 0 Å². The molecule has 1 atom stereocenters. The number of carbonyl (C=O) groups is 1. The zero-order valence-corrected chi connectivity index (χ0v) is 10.1. The van der Waals surface area contributed by atoms with Crippen molar-refractivity contribution in [3.05, 3.63) is 29.8 Å². The molecule has 1 heterocycles. The fraction of sp³-hybridized carbons (Fsp3) is 0.500. The first kappa shape index (κ1) is 11.5. The van der Waals surface area contributed by atoms with Crippen molar-refractivity contribution >= 4 is 5.91 Å². The first-order chi connectivity index (χ1) is 8.74. The molecule has 18 heavy (non-hydrogen) atoms. The number of nitrogens with one attached hydrogen (secondary N) is 1. The minimum Gasteiger partial charge on any atom is -0.493 e. The molecule has 0 aromatic heterocycles. The summed E-state index contributed by atoms with van der Waals surface area (Å²) in [4.78, 5) is 12.2. The first-order valence-corrected chi connectivity index (χ1v) is 6.44. The Bertz CT molecular complexity index is 454. The quantitative estimate of drug-likeness (QED) is 0.825. The second-order valence-corrected chi connectivity index (χ2v) is 5.06. The van der Waals surface area contributed by atoms with Gasteiger partial charge in [0.2, 0.25) is 5.91 Å². The lowest BCUT2D eigenvalue weighted by Crippen LogP contribution is -2.48. The highest BCUT2D eigenvalue weighted by Crippen LogP contribution is 2.34. The SMILES string of the molecule is O=C(NC1CC(O)C1)C1CCOc2ccccc21. The number of carbonyl (C=O) groups excluding carboxylic acids is 1. The van der Waals surface area contributed by atoms with E-state index in [1.54, 1.807) is 0 Å². The number of benzene rings is 1. The van der Waals surface area contributed by atoms with Crippen molar-refractivity contribution in [2.75, 3.05) is 6.61 Å². The van der Waals surface area contributed by atoms with E-state index in [2.05, 4.69) is 5.32 Å². The molecule has 0 spiro atoms. The Morgan fingerprint density at radius 1 is 1.33 bits per heavy atom. The Kier molecular flexibility index (Phi) is 2.96. The lowest BCUT2D eigenvalue weighted by molar-refractivity contribution is -0.125. The van der Waals surface area contributed by atoms with Crippen LogP contribution in [0, 0.1) is 0 Å². The molecule has 1 aliphatic carbocycles. The van der Waals surface area contributed by atoms with E-state index < -0.39 is 0 Å². The van der Waals surface area contributed by atoms with Crippen molar-refractivity contribution in [1.82, 2.24) is 5.32 Å². The summed E-state index contributed by atoms with van der Waals surface area (Å²) >= 11 is 0. The maximum absolute atomic E-state index is 12.2. The minimum absolute atomic E-state index is 0.0580. The van der Waals surface area contributed by atoms with Gasteiger partial charge in [0.05, 0.1) is 18.6 Å². The molecule has 1 aromatic carbocycles.